The van der Waals surface area contributed by atoms with Crippen LogP contribution in [0.5, 0.6) is 0 Å². The minimum absolute atomic E-state index is 0.0116. The Morgan fingerprint density at radius 1 is 1.56 bits per heavy atom. The van der Waals surface area contributed by atoms with Crippen LogP contribution in [0.1, 0.15) is 22.8 Å². The Balaban J connectivity index is 2.86. The molecule has 98 valence electrons. The van der Waals surface area contributed by atoms with E-state index in [4.69, 9.17) is 18.0 Å². The molecule has 0 saturated carbocycles. The summed E-state index contributed by atoms with van der Waals surface area (Å²) in [5.74, 6) is -0.0220. The van der Waals surface area contributed by atoms with Gasteiger partial charge in [-0.25, -0.2) is 0 Å². The topological polar surface area (TPSA) is 46.3 Å². The number of thiocarbonyl (C=S) groups is 1. The minimum Gasteiger partial charge on any atom is -0.393 e. The molecule has 0 fully saturated rings. The van der Waals surface area contributed by atoms with E-state index < -0.39 is 0 Å². The highest BCUT2D eigenvalue weighted by molar-refractivity contribution is 9.10. The summed E-state index contributed by atoms with van der Waals surface area (Å²) < 4.78 is 0.799. The van der Waals surface area contributed by atoms with Gasteiger partial charge in [-0.05, 0) is 35.0 Å². The summed E-state index contributed by atoms with van der Waals surface area (Å²) in [7, 11) is 1.76. The molecule has 0 aromatic heterocycles. The van der Waals surface area contributed by atoms with Crippen molar-refractivity contribution in [1.82, 2.24) is 4.90 Å². The van der Waals surface area contributed by atoms with Crippen molar-refractivity contribution in [3.63, 3.8) is 0 Å². The van der Waals surface area contributed by atoms with Crippen LogP contribution in [0.4, 0.5) is 0 Å². The Labute approximate surface area is 121 Å². The number of halogens is 1. The van der Waals surface area contributed by atoms with E-state index in [-0.39, 0.29) is 11.8 Å². The number of benzene rings is 1. The second-order valence-corrected chi connectivity index (χ2v) is 5.80. The van der Waals surface area contributed by atoms with Gasteiger partial charge in [0.15, 0.2) is 0 Å². The van der Waals surface area contributed by atoms with Gasteiger partial charge in [-0.1, -0.05) is 30.8 Å². The zero-order valence-electron chi connectivity index (χ0n) is 10.7. The largest absolute Gasteiger partial charge is 0.393 e. The van der Waals surface area contributed by atoms with Crippen molar-refractivity contribution in [1.29, 1.82) is 0 Å². The zero-order chi connectivity index (χ0) is 13.9. The molecule has 0 spiro atoms. The van der Waals surface area contributed by atoms with Crippen molar-refractivity contribution in [2.24, 2.45) is 11.7 Å². The van der Waals surface area contributed by atoms with Crippen molar-refractivity contribution >= 4 is 39.0 Å². The summed E-state index contributed by atoms with van der Waals surface area (Å²) in [6.07, 6.45) is 0. The fourth-order valence-electron chi connectivity index (χ4n) is 1.59. The predicted molar refractivity (Wildman–Crippen MR) is 81.8 cm³/mol. The minimum atomic E-state index is -0.0336. The lowest BCUT2D eigenvalue weighted by molar-refractivity contribution is 0.0786. The molecule has 0 aliphatic rings. The SMILES string of the molecule is Cc1ccc(Br)c(C(=O)N(C)CC(C)C(N)=S)c1. The highest BCUT2D eigenvalue weighted by Gasteiger charge is 2.17. The van der Waals surface area contributed by atoms with E-state index in [0.29, 0.717) is 17.1 Å². The molecule has 2 N–H and O–H groups in total. The molecule has 0 aliphatic heterocycles. The number of hydrogen-bond donors (Lipinski definition) is 1. The number of hydrogen-bond acceptors (Lipinski definition) is 2. The molecule has 1 unspecified atom stereocenters. The highest BCUT2D eigenvalue weighted by atomic mass is 79.9. The summed E-state index contributed by atoms with van der Waals surface area (Å²) in [6.45, 7) is 4.40. The maximum Gasteiger partial charge on any atom is 0.254 e. The quantitative estimate of drug-likeness (QED) is 0.864. The summed E-state index contributed by atoms with van der Waals surface area (Å²) in [6, 6.07) is 5.71. The molecular weight excluding hydrogens is 312 g/mol. The lowest BCUT2D eigenvalue weighted by atomic mass is 10.1. The number of nitrogens with two attached hydrogens (primary N) is 1. The molecule has 1 atom stereocenters. The molecule has 3 nitrogen and oxygen atoms in total. The van der Waals surface area contributed by atoms with Gasteiger partial charge in [0.1, 0.15) is 0 Å². The van der Waals surface area contributed by atoms with Gasteiger partial charge >= 0.3 is 0 Å². The van der Waals surface area contributed by atoms with Crippen LogP contribution in [0.2, 0.25) is 0 Å². The maximum absolute atomic E-state index is 12.3. The number of rotatable bonds is 4. The Kier molecular flexibility index (Phi) is 5.28. The van der Waals surface area contributed by atoms with Crippen LogP contribution in [0.25, 0.3) is 0 Å². The van der Waals surface area contributed by atoms with Gasteiger partial charge in [-0.2, -0.15) is 0 Å². The predicted octanol–water partition coefficient (Wildman–Crippen LogP) is 2.75. The Bertz CT molecular complexity index is 476. The number of carbonyl (C=O) groups is 1. The van der Waals surface area contributed by atoms with Crippen molar-refractivity contribution < 1.29 is 4.79 Å². The van der Waals surface area contributed by atoms with Crippen LogP contribution in [0.15, 0.2) is 22.7 Å². The molecule has 1 amide bonds. The van der Waals surface area contributed by atoms with Gasteiger partial charge in [0.25, 0.3) is 5.91 Å². The molecule has 18 heavy (non-hydrogen) atoms. The average molecular weight is 329 g/mol. The third kappa shape index (κ3) is 3.78. The molecule has 1 aromatic rings. The Hall–Kier alpha value is -0.940. The monoisotopic (exact) mass is 328 g/mol. The van der Waals surface area contributed by atoms with Crippen molar-refractivity contribution in [3.05, 3.63) is 33.8 Å². The molecule has 0 radical (unpaired) electrons. The molecular formula is C13H17BrN2OS. The van der Waals surface area contributed by atoms with Crippen LogP contribution >= 0.6 is 28.1 Å². The maximum atomic E-state index is 12.3. The Morgan fingerprint density at radius 3 is 2.72 bits per heavy atom. The van der Waals surface area contributed by atoms with Gasteiger partial charge < -0.3 is 10.6 Å². The Morgan fingerprint density at radius 2 is 2.17 bits per heavy atom. The van der Waals surface area contributed by atoms with Gasteiger partial charge in [-0.3, -0.25) is 4.79 Å². The van der Waals surface area contributed by atoms with E-state index in [0.717, 1.165) is 10.0 Å². The van der Waals surface area contributed by atoms with Crippen molar-refractivity contribution in [2.75, 3.05) is 13.6 Å². The van der Waals surface area contributed by atoms with Crippen LogP contribution in [0, 0.1) is 12.8 Å². The van der Waals surface area contributed by atoms with Crippen molar-refractivity contribution in [3.8, 4) is 0 Å². The first-order valence-electron chi connectivity index (χ1n) is 5.64. The smallest absolute Gasteiger partial charge is 0.254 e. The molecule has 1 aromatic carbocycles. The van der Waals surface area contributed by atoms with Crippen LogP contribution < -0.4 is 5.73 Å². The fourth-order valence-corrected chi connectivity index (χ4v) is 2.08. The molecule has 0 aliphatic carbocycles. The molecule has 5 heteroatoms. The third-order valence-corrected chi connectivity index (χ3v) is 3.83. The van der Waals surface area contributed by atoms with Gasteiger partial charge in [0, 0.05) is 24.0 Å². The number of amides is 1. The van der Waals surface area contributed by atoms with E-state index in [1.807, 2.05) is 32.0 Å². The van der Waals surface area contributed by atoms with Gasteiger partial charge in [0.2, 0.25) is 0 Å². The van der Waals surface area contributed by atoms with E-state index in [1.54, 1.807) is 11.9 Å². The second-order valence-electron chi connectivity index (χ2n) is 4.47. The highest BCUT2D eigenvalue weighted by Crippen LogP contribution is 2.20. The zero-order valence-corrected chi connectivity index (χ0v) is 13.1. The lowest BCUT2D eigenvalue weighted by Gasteiger charge is -2.21. The number of carbonyl (C=O) groups excluding carboxylic acids is 1. The van der Waals surface area contributed by atoms with Gasteiger partial charge in [0.05, 0.1) is 10.6 Å². The van der Waals surface area contributed by atoms with Crippen molar-refractivity contribution in [2.45, 2.75) is 13.8 Å². The summed E-state index contributed by atoms with van der Waals surface area (Å²) >= 11 is 8.31. The van der Waals surface area contributed by atoms with Crippen LogP contribution in [-0.4, -0.2) is 29.4 Å². The normalized spacial score (nSPS) is 12.0. The third-order valence-electron chi connectivity index (χ3n) is 2.73. The fraction of sp³-hybridized carbons (Fsp3) is 0.385. The summed E-state index contributed by atoms with van der Waals surface area (Å²) in [5, 5.41) is 0. The molecule has 0 bridgehead atoms. The van der Waals surface area contributed by atoms with Crippen LogP contribution in [-0.2, 0) is 0 Å². The standard InChI is InChI=1S/C13H17BrN2OS/c1-8-4-5-11(14)10(6-8)13(17)16(3)7-9(2)12(15)18/h4-6,9H,7H2,1-3H3,(H2,15,18). The van der Waals surface area contributed by atoms with Crippen LogP contribution in [0.3, 0.4) is 0 Å². The average Bonchev–Trinajstić information content (AvgIpc) is 2.31. The first-order valence-corrected chi connectivity index (χ1v) is 6.84. The van der Waals surface area contributed by atoms with E-state index in [2.05, 4.69) is 15.9 Å². The molecule has 0 saturated heterocycles. The van der Waals surface area contributed by atoms with Gasteiger partial charge in [-0.15, -0.1) is 0 Å². The lowest BCUT2D eigenvalue weighted by Crippen LogP contribution is -2.35. The van der Waals surface area contributed by atoms with E-state index in [9.17, 15) is 4.79 Å². The second kappa shape index (κ2) is 6.29. The van der Waals surface area contributed by atoms with E-state index in [1.165, 1.54) is 0 Å². The molecule has 0 heterocycles. The van der Waals surface area contributed by atoms with E-state index >= 15 is 0 Å². The number of nitrogens with zero attached hydrogens (tertiary/aromatic N) is 1. The number of aryl methyl sites for hydroxylation is 1. The summed E-state index contributed by atoms with van der Waals surface area (Å²) in [4.78, 5) is 14.4. The summed E-state index contributed by atoms with van der Waals surface area (Å²) in [5.41, 5.74) is 7.27. The molecule has 1 rings (SSSR count). The first kappa shape index (κ1) is 15.1. The first-order chi connectivity index (χ1) is 8.32.